The number of thioether (sulfide) groups is 1. The van der Waals surface area contributed by atoms with E-state index in [0.717, 1.165) is 5.03 Å². The summed E-state index contributed by atoms with van der Waals surface area (Å²) in [7, 11) is -3.99. The molecule has 1 heterocycles. The van der Waals surface area contributed by atoms with Gasteiger partial charge in [0.25, 0.3) is 0 Å². The molecule has 0 amide bonds. The van der Waals surface area contributed by atoms with Gasteiger partial charge in [-0.3, -0.25) is 4.79 Å². The van der Waals surface area contributed by atoms with Crippen LogP contribution >= 0.6 is 11.8 Å². The summed E-state index contributed by atoms with van der Waals surface area (Å²) in [5.41, 5.74) is 0. The minimum Gasteiger partial charge on any atom is -0.414 e. The molecule has 0 aliphatic carbocycles. The second-order valence-corrected chi connectivity index (χ2v) is 21.5. The number of pyridine rings is 1. The molecule has 0 saturated carbocycles. The molecule has 2 atom stereocenters. The van der Waals surface area contributed by atoms with Gasteiger partial charge in [0.2, 0.25) is 5.12 Å². The highest BCUT2D eigenvalue weighted by atomic mass is 32.2. The van der Waals surface area contributed by atoms with E-state index in [1.54, 1.807) is 6.20 Å². The van der Waals surface area contributed by atoms with Gasteiger partial charge >= 0.3 is 0 Å². The minimum absolute atomic E-state index is 0.0686. The molecule has 1 aromatic heterocycles. The molecular weight excluding hydrogens is 414 g/mol. The van der Waals surface area contributed by atoms with E-state index in [2.05, 4.69) is 72.7 Å². The highest BCUT2D eigenvalue weighted by Gasteiger charge is 2.43. The predicted octanol–water partition coefficient (Wildman–Crippen LogP) is 6.75. The van der Waals surface area contributed by atoms with Crippen LogP contribution in [0, 0.1) is 5.92 Å². The Bertz CT molecular complexity index is 667. The molecule has 166 valence electrons. The molecule has 0 saturated heterocycles. The molecule has 4 nitrogen and oxygen atoms in total. The van der Waals surface area contributed by atoms with Gasteiger partial charge in [0.05, 0.1) is 18.6 Å². The van der Waals surface area contributed by atoms with Crippen molar-refractivity contribution in [3.05, 3.63) is 24.4 Å². The Morgan fingerprint density at radius 2 is 1.59 bits per heavy atom. The number of carbonyl (C=O) groups excluding carboxylic acids is 1. The molecule has 1 rings (SSSR count). The van der Waals surface area contributed by atoms with Gasteiger partial charge in [-0.2, -0.15) is 0 Å². The van der Waals surface area contributed by atoms with E-state index in [1.807, 2.05) is 25.1 Å². The Morgan fingerprint density at radius 1 is 1.03 bits per heavy atom. The second kappa shape index (κ2) is 9.77. The van der Waals surface area contributed by atoms with Crippen LogP contribution in [0.4, 0.5) is 0 Å². The highest BCUT2D eigenvalue weighted by molar-refractivity contribution is 8.13. The minimum atomic E-state index is -2.05. The third-order valence-electron chi connectivity index (χ3n) is 6.44. The first kappa shape index (κ1) is 26.6. The van der Waals surface area contributed by atoms with Crippen molar-refractivity contribution in [1.82, 2.24) is 4.98 Å². The average Bonchev–Trinajstić information content (AvgIpc) is 2.56. The maximum Gasteiger partial charge on any atom is 0.200 e. The van der Waals surface area contributed by atoms with E-state index in [-0.39, 0.29) is 27.2 Å². The van der Waals surface area contributed by atoms with Crippen LogP contribution in [-0.2, 0) is 13.6 Å². The first-order valence-corrected chi connectivity index (χ1v) is 17.1. The summed E-state index contributed by atoms with van der Waals surface area (Å²) in [6.07, 6.45) is 1.46. The van der Waals surface area contributed by atoms with Crippen molar-refractivity contribution < 1.29 is 13.6 Å². The van der Waals surface area contributed by atoms with Crippen molar-refractivity contribution in [2.45, 2.75) is 95.9 Å². The number of hydrogen-bond acceptors (Lipinski definition) is 5. The maximum atomic E-state index is 13.0. The lowest BCUT2D eigenvalue weighted by molar-refractivity contribution is -0.117. The molecule has 7 heteroatoms. The number of hydrogen-bond donors (Lipinski definition) is 0. The largest absolute Gasteiger partial charge is 0.414 e. The van der Waals surface area contributed by atoms with E-state index in [1.165, 1.54) is 11.8 Å². The van der Waals surface area contributed by atoms with Crippen LogP contribution in [0.2, 0.25) is 36.3 Å². The third kappa shape index (κ3) is 7.62. The standard InChI is InChI=1S/C22H41NO3SSi2/c1-17(20(24)27-19-14-12-13-15-23-19)18(26-29(10,11)22(5,6)7)16-25-28(8,9)21(2,3)4/h12-15,17-18H,16H2,1-11H3/t17-,18?/m1/s1. The third-order valence-corrected chi connectivity index (χ3v) is 16.5. The van der Waals surface area contributed by atoms with Gasteiger partial charge in [0.1, 0.15) is 5.03 Å². The zero-order chi connectivity index (χ0) is 22.7. The smallest absolute Gasteiger partial charge is 0.200 e. The van der Waals surface area contributed by atoms with Gasteiger partial charge in [0, 0.05) is 6.20 Å². The Labute approximate surface area is 184 Å². The SMILES string of the molecule is C[C@@H](C(=O)Sc1ccccn1)C(CO[Si](C)(C)C(C)(C)C)O[Si](C)(C)C(C)(C)C. The van der Waals surface area contributed by atoms with E-state index in [0.29, 0.717) is 6.61 Å². The molecule has 29 heavy (non-hydrogen) atoms. The molecule has 1 aromatic rings. The van der Waals surface area contributed by atoms with Crippen molar-refractivity contribution in [1.29, 1.82) is 0 Å². The quantitative estimate of drug-likeness (QED) is 0.320. The zero-order valence-electron chi connectivity index (χ0n) is 20.3. The van der Waals surface area contributed by atoms with Gasteiger partial charge in [-0.1, -0.05) is 54.5 Å². The first-order chi connectivity index (χ1) is 13.0. The molecule has 0 aromatic carbocycles. The number of rotatable bonds is 8. The van der Waals surface area contributed by atoms with Crippen molar-refractivity contribution in [2.24, 2.45) is 5.92 Å². The summed E-state index contributed by atoms with van der Waals surface area (Å²) < 4.78 is 13.2. The van der Waals surface area contributed by atoms with E-state index in [9.17, 15) is 4.79 Å². The molecule has 0 fully saturated rings. The summed E-state index contributed by atoms with van der Waals surface area (Å²) in [5.74, 6) is -0.277. The molecule has 0 aliphatic heterocycles. The van der Waals surface area contributed by atoms with Crippen LogP contribution in [0.5, 0.6) is 0 Å². The summed E-state index contributed by atoms with van der Waals surface area (Å²) >= 11 is 1.19. The summed E-state index contributed by atoms with van der Waals surface area (Å²) in [5, 5.41) is 0.982. The monoisotopic (exact) mass is 455 g/mol. The van der Waals surface area contributed by atoms with Crippen LogP contribution in [0.3, 0.4) is 0 Å². The fourth-order valence-corrected chi connectivity index (χ4v) is 5.30. The van der Waals surface area contributed by atoms with Crippen molar-refractivity contribution in [2.75, 3.05) is 6.61 Å². The summed E-state index contributed by atoms with van der Waals surface area (Å²) in [6, 6.07) is 5.62. The number of carbonyl (C=O) groups is 1. The lowest BCUT2D eigenvalue weighted by Crippen LogP contribution is -2.50. The lowest BCUT2D eigenvalue weighted by Gasteiger charge is -2.42. The Kier molecular flexibility index (Phi) is 8.95. The number of aromatic nitrogens is 1. The van der Waals surface area contributed by atoms with Crippen LogP contribution in [0.25, 0.3) is 0 Å². The number of nitrogens with zero attached hydrogens (tertiary/aromatic N) is 1. The normalized spacial score (nSPS) is 15.8. The predicted molar refractivity (Wildman–Crippen MR) is 129 cm³/mol. The Balaban J connectivity index is 3.03. The fraction of sp³-hybridized carbons (Fsp3) is 0.727. The van der Waals surface area contributed by atoms with E-state index in [4.69, 9.17) is 8.85 Å². The van der Waals surface area contributed by atoms with Gasteiger partial charge in [-0.15, -0.1) is 0 Å². The van der Waals surface area contributed by atoms with Gasteiger partial charge in [0.15, 0.2) is 16.6 Å². The zero-order valence-corrected chi connectivity index (χ0v) is 23.1. The lowest BCUT2D eigenvalue weighted by atomic mass is 10.1. The van der Waals surface area contributed by atoms with Crippen molar-refractivity contribution in [3.63, 3.8) is 0 Å². The van der Waals surface area contributed by atoms with Crippen LogP contribution in [0.1, 0.15) is 48.5 Å². The molecule has 0 aliphatic rings. The van der Waals surface area contributed by atoms with Crippen LogP contribution < -0.4 is 0 Å². The van der Waals surface area contributed by atoms with Crippen LogP contribution in [0.15, 0.2) is 29.4 Å². The average molecular weight is 456 g/mol. The van der Waals surface area contributed by atoms with E-state index >= 15 is 0 Å². The fourth-order valence-electron chi connectivity index (χ4n) is 2.10. The maximum absolute atomic E-state index is 13.0. The second-order valence-electron chi connectivity index (χ2n) is 10.9. The molecular formula is C22H41NO3SSi2. The molecule has 0 spiro atoms. The Hall–Kier alpha value is -0.476. The van der Waals surface area contributed by atoms with E-state index < -0.39 is 16.6 Å². The van der Waals surface area contributed by atoms with Crippen LogP contribution in [-0.4, -0.2) is 39.4 Å². The molecule has 1 unspecified atom stereocenters. The van der Waals surface area contributed by atoms with Crippen molar-refractivity contribution in [3.8, 4) is 0 Å². The Morgan fingerprint density at radius 3 is 2.03 bits per heavy atom. The summed E-state index contributed by atoms with van der Waals surface area (Å²) in [6.45, 7) is 24.7. The topological polar surface area (TPSA) is 48.4 Å². The van der Waals surface area contributed by atoms with Gasteiger partial charge in [-0.25, -0.2) is 4.98 Å². The molecule has 0 radical (unpaired) electrons. The van der Waals surface area contributed by atoms with Gasteiger partial charge < -0.3 is 8.85 Å². The van der Waals surface area contributed by atoms with Gasteiger partial charge in [-0.05, 0) is 60.2 Å². The first-order valence-electron chi connectivity index (χ1n) is 10.4. The summed E-state index contributed by atoms with van der Waals surface area (Å²) in [4.78, 5) is 17.3. The molecule has 0 bridgehead atoms. The highest BCUT2D eigenvalue weighted by Crippen LogP contribution is 2.40. The van der Waals surface area contributed by atoms with Crippen molar-refractivity contribution >= 4 is 33.5 Å². The molecule has 0 N–H and O–H groups in total.